The molecule has 0 spiro atoms. The molecule has 3 heteroatoms. The predicted molar refractivity (Wildman–Crippen MR) is 70.5 cm³/mol. The van der Waals surface area contributed by atoms with Crippen molar-refractivity contribution in [1.29, 1.82) is 0 Å². The van der Waals surface area contributed by atoms with Gasteiger partial charge in [0.15, 0.2) is 0 Å². The number of anilines is 2. The number of benzene rings is 1. The smallest absolute Gasteiger partial charge is 0.0604 e. The molecule has 0 unspecified atom stereocenters. The number of nitrogens with one attached hydrogen (secondary N) is 1. The molecule has 0 radical (unpaired) electrons. The van der Waals surface area contributed by atoms with Crippen molar-refractivity contribution in [3.05, 3.63) is 24.3 Å². The van der Waals surface area contributed by atoms with Gasteiger partial charge in [0, 0.05) is 33.7 Å². The van der Waals surface area contributed by atoms with Crippen LogP contribution in [0.5, 0.6) is 0 Å². The number of para-hydroxylation sites is 2. The van der Waals surface area contributed by atoms with Crippen molar-refractivity contribution in [1.82, 2.24) is 5.32 Å². The van der Waals surface area contributed by atoms with Crippen LogP contribution < -0.4 is 15.1 Å². The molecule has 1 heterocycles. The summed E-state index contributed by atoms with van der Waals surface area (Å²) in [4.78, 5) is 4.67. The SMILES string of the molecule is CN(C)c1ccccc1N1CCCNCC1. The average molecular weight is 219 g/mol. The molecule has 3 nitrogen and oxygen atoms in total. The van der Waals surface area contributed by atoms with Gasteiger partial charge in [0.1, 0.15) is 0 Å². The van der Waals surface area contributed by atoms with E-state index in [-0.39, 0.29) is 0 Å². The van der Waals surface area contributed by atoms with Crippen LogP contribution >= 0.6 is 0 Å². The van der Waals surface area contributed by atoms with E-state index in [0.717, 1.165) is 26.2 Å². The van der Waals surface area contributed by atoms with Gasteiger partial charge < -0.3 is 15.1 Å². The van der Waals surface area contributed by atoms with E-state index in [0.29, 0.717) is 0 Å². The normalized spacial score (nSPS) is 17.0. The van der Waals surface area contributed by atoms with E-state index in [4.69, 9.17) is 0 Å². The molecule has 0 aliphatic carbocycles. The molecule has 0 amide bonds. The van der Waals surface area contributed by atoms with Crippen LogP contribution in [0.2, 0.25) is 0 Å². The number of hydrogen-bond donors (Lipinski definition) is 1. The van der Waals surface area contributed by atoms with Crippen LogP contribution in [0, 0.1) is 0 Å². The highest BCUT2D eigenvalue weighted by atomic mass is 15.2. The van der Waals surface area contributed by atoms with Crippen LogP contribution in [0.1, 0.15) is 6.42 Å². The highest BCUT2D eigenvalue weighted by Gasteiger charge is 2.13. The zero-order valence-electron chi connectivity index (χ0n) is 10.2. The summed E-state index contributed by atoms with van der Waals surface area (Å²) >= 11 is 0. The van der Waals surface area contributed by atoms with Gasteiger partial charge in [-0.15, -0.1) is 0 Å². The van der Waals surface area contributed by atoms with E-state index >= 15 is 0 Å². The minimum atomic E-state index is 1.09. The molecule has 1 aromatic rings. The summed E-state index contributed by atoms with van der Waals surface area (Å²) in [6.45, 7) is 4.48. The molecule has 0 aromatic heterocycles. The van der Waals surface area contributed by atoms with Crippen LogP contribution in [0.4, 0.5) is 11.4 Å². The van der Waals surface area contributed by atoms with Gasteiger partial charge in [0.2, 0.25) is 0 Å². The molecule has 1 aliphatic heterocycles. The van der Waals surface area contributed by atoms with Crippen LogP contribution in [0.15, 0.2) is 24.3 Å². The molecule has 1 saturated heterocycles. The van der Waals surface area contributed by atoms with E-state index in [9.17, 15) is 0 Å². The summed E-state index contributed by atoms with van der Waals surface area (Å²) in [5.41, 5.74) is 2.67. The summed E-state index contributed by atoms with van der Waals surface area (Å²) in [6, 6.07) is 8.64. The van der Waals surface area contributed by atoms with Gasteiger partial charge in [0.05, 0.1) is 11.4 Å². The average Bonchev–Trinajstić information content (AvgIpc) is 2.57. The molecule has 0 atom stereocenters. The monoisotopic (exact) mass is 219 g/mol. The Labute approximate surface area is 98.0 Å². The summed E-state index contributed by atoms with van der Waals surface area (Å²) in [5, 5.41) is 3.44. The molecular weight excluding hydrogens is 198 g/mol. The standard InChI is InChI=1S/C13H21N3/c1-15(2)12-6-3-4-7-13(12)16-10-5-8-14-9-11-16/h3-4,6-7,14H,5,8-11H2,1-2H3. The number of nitrogens with zero attached hydrogens (tertiary/aromatic N) is 2. The van der Waals surface area contributed by atoms with E-state index in [1.807, 2.05) is 0 Å². The Kier molecular flexibility index (Phi) is 3.67. The van der Waals surface area contributed by atoms with Crippen LogP contribution in [0.25, 0.3) is 0 Å². The Morgan fingerprint density at radius 2 is 1.94 bits per heavy atom. The second-order valence-electron chi connectivity index (χ2n) is 4.47. The second kappa shape index (κ2) is 5.21. The third-order valence-corrected chi connectivity index (χ3v) is 3.04. The first-order valence-electron chi connectivity index (χ1n) is 6.01. The maximum Gasteiger partial charge on any atom is 0.0604 e. The summed E-state index contributed by atoms with van der Waals surface area (Å²) in [7, 11) is 4.21. The Morgan fingerprint density at radius 3 is 2.75 bits per heavy atom. The highest BCUT2D eigenvalue weighted by molar-refractivity contribution is 5.70. The molecule has 1 N–H and O–H groups in total. The largest absolute Gasteiger partial charge is 0.376 e. The minimum absolute atomic E-state index is 1.09. The second-order valence-corrected chi connectivity index (χ2v) is 4.47. The quantitative estimate of drug-likeness (QED) is 0.814. The van der Waals surface area contributed by atoms with Crippen molar-refractivity contribution in [3.63, 3.8) is 0 Å². The Hall–Kier alpha value is -1.22. The zero-order valence-corrected chi connectivity index (χ0v) is 10.2. The van der Waals surface area contributed by atoms with Crippen LogP contribution in [-0.2, 0) is 0 Å². The molecule has 1 aliphatic rings. The van der Waals surface area contributed by atoms with E-state index in [2.05, 4.69) is 53.5 Å². The lowest BCUT2D eigenvalue weighted by Crippen LogP contribution is -2.29. The van der Waals surface area contributed by atoms with Crippen molar-refractivity contribution < 1.29 is 0 Å². The molecule has 0 saturated carbocycles. The fourth-order valence-electron chi connectivity index (χ4n) is 2.20. The molecule has 2 rings (SSSR count). The van der Waals surface area contributed by atoms with Gasteiger partial charge in [-0.1, -0.05) is 12.1 Å². The summed E-state index contributed by atoms with van der Waals surface area (Å²) in [6.07, 6.45) is 1.22. The van der Waals surface area contributed by atoms with Gasteiger partial charge in [-0.3, -0.25) is 0 Å². The lowest BCUT2D eigenvalue weighted by Gasteiger charge is -2.27. The highest BCUT2D eigenvalue weighted by Crippen LogP contribution is 2.27. The Bertz CT molecular complexity index is 328. The van der Waals surface area contributed by atoms with Crippen molar-refractivity contribution >= 4 is 11.4 Å². The summed E-state index contributed by atoms with van der Waals surface area (Å²) in [5.74, 6) is 0. The maximum atomic E-state index is 3.44. The van der Waals surface area contributed by atoms with Crippen molar-refractivity contribution in [2.24, 2.45) is 0 Å². The number of hydrogen-bond acceptors (Lipinski definition) is 3. The zero-order chi connectivity index (χ0) is 11.4. The summed E-state index contributed by atoms with van der Waals surface area (Å²) < 4.78 is 0. The van der Waals surface area contributed by atoms with Crippen LogP contribution in [0.3, 0.4) is 0 Å². The topological polar surface area (TPSA) is 18.5 Å². The van der Waals surface area contributed by atoms with Crippen molar-refractivity contribution in [2.45, 2.75) is 6.42 Å². The van der Waals surface area contributed by atoms with Crippen molar-refractivity contribution in [3.8, 4) is 0 Å². The minimum Gasteiger partial charge on any atom is -0.376 e. The van der Waals surface area contributed by atoms with Gasteiger partial charge in [-0.2, -0.15) is 0 Å². The lowest BCUT2D eigenvalue weighted by molar-refractivity contribution is 0.724. The molecule has 0 bridgehead atoms. The van der Waals surface area contributed by atoms with E-state index < -0.39 is 0 Å². The van der Waals surface area contributed by atoms with Gasteiger partial charge in [-0.25, -0.2) is 0 Å². The fourth-order valence-corrected chi connectivity index (χ4v) is 2.20. The van der Waals surface area contributed by atoms with Crippen molar-refractivity contribution in [2.75, 3.05) is 50.1 Å². The molecule has 88 valence electrons. The van der Waals surface area contributed by atoms with Gasteiger partial charge in [-0.05, 0) is 25.1 Å². The predicted octanol–water partition coefficient (Wildman–Crippen LogP) is 1.55. The third kappa shape index (κ3) is 2.47. The molecule has 16 heavy (non-hydrogen) atoms. The lowest BCUT2D eigenvalue weighted by atomic mass is 10.2. The number of rotatable bonds is 2. The first kappa shape index (κ1) is 11.3. The first-order chi connectivity index (χ1) is 7.79. The van der Waals surface area contributed by atoms with Crippen LogP contribution in [-0.4, -0.2) is 40.3 Å². The molecular formula is C13H21N3. The van der Waals surface area contributed by atoms with Gasteiger partial charge in [0.25, 0.3) is 0 Å². The Morgan fingerprint density at radius 1 is 1.12 bits per heavy atom. The third-order valence-electron chi connectivity index (χ3n) is 3.04. The van der Waals surface area contributed by atoms with Gasteiger partial charge >= 0.3 is 0 Å². The Balaban J connectivity index is 2.23. The maximum absolute atomic E-state index is 3.44. The molecule has 1 fully saturated rings. The molecule has 1 aromatic carbocycles. The first-order valence-corrected chi connectivity index (χ1v) is 6.01. The van der Waals surface area contributed by atoms with E-state index in [1.165, 1.54) is 17.8 Å². The fraction of sp³-hybridized carbons (Fsp3) is 0.538. The van der Waals surface area contributed by atoms with E-state index in [1.54, 1.807) is 0 Å².